The van der Waals surface area contributed by atoms with Gasteiger partial charge in [0.15, 0.2) is 0 Å². The number of piperazine rings is 1. The molecule has 0 spiro atoms. The molecule has 0 aromatic carbocycles. The maximum atomic E-state index is 11.1. The number of carbonyl (C=O) groups is 1. The van der Waals surface area contributed by atoms with Crippen LogP contribution >= 0.6 is 0 Å². The molecule has 0 aliphatic carbocycles. The van der Waals surface area contributed by atoms with Gasteiger partial charge in [-0.15, -0.1) is 0 Å². The van der Waals surface area contributed by atoms with E-state index in [1.165, 1.54) is 0 Å². The van der Waals surface area contributed by atoms with Gasteiger partial charge < -0.3 is 10.4 Å². The molecule has 1 atom stereocenters. The minimum Gasteiger partial charge on any atom is -0.480 e. The van der Waals surface area contributed by atoms with Crippen molar-refractivity contribution >= 4 is 5.97 Å². The van der Waals surface area contributed by atoms with E-state index in [1.807, 2.05) is 18.1 Å². The highest BCUT2D eigenvalue weighted by atomic mass is 16.4. The van der Waals surface area contributed by atoms with E-state index in [4.69, 9.17) is 5.11 Å². The molecule has 0 bridgehead atoms. The SMILES string of the molecule is Cn1cc(CN2CCNCC2C(=O)O)cn1. The highest BCUT2D eigenvalue weighted by molar-refractivity contribution is 5.73. The van der Waals surface area contributed by atoms with Gasteiger partial charge in [0.1, 0.15) is 6.04 Å². The van der Waals surface area contributed by atoms with Crippen molar-refractivity contribution in [1.29, 1.82) is 0 Å². The average molecular weight is 224 g/mol. The van der Waals surface area contributed by atoms with Crippen LogP contribution in [0.1, 0.15) is 5.56 Å². The summed E-state index contributed by atoms with van der Waals surface area (Å²) in [4.78, 5) is 13.0. The summed E-state index contributed by atoms with van der Waals surface area (Å²) in [6.07, 6.45) is 3.70. The summed E-state index contributed by atoms with van der Waals surface area (Å²) < 4.78 is 1.73. The lowest BCUT2D eigenvalue weighted by atomic mass is 10.1. The second-order valence-corrected chi connectivity index (χ2v) is 4.05. The van der Waals surface area contributed by atoms with Crippen LogP contribution in [-0.2, 0) is 18.4 Å². The zero-order valence-electron chi connectivity index (χ0n) is 9.26. The van der Waals surface area contributed by atoms with Crippen molar-refractivity contribution in [1.82, 2.24) is 20.0 Å². The van der Waals surface area contributed by atoms with Crippen LogP contribution in [0.3, 0.4) is 0 Å². The summed E-state index contributed by atoms with van der Waals surface area (Å²) in [7, 11) is 1.86. The number of hydrogen-bond donors (Lipinski definition) is 2. The third kappa shape index (κ3) is 2.40. The Morgan fingerprint density at radius 1 is 1.75 bits per heavy atom. The fourth-order valence-corrected chi connectivity index (χ4v) is 1.97. The van der Waals surface area contributed by atoms with Crippen molar-refractivity contribution in [2.24, 2.45) is 7.05 Å². The average Bonchev–Trinajstić information content (AvgIpc) is 2.64. The van der Waals surface area contributed by atoms with E-state index in [1.54, 1.807) is 10.9 Å². The Labute approximate surface area is 93.9 Å². The minimum absolute atomic E-state index is 0.436. The van der Waals surface area contributed by atoms with Crippen molar-refractivity contribution in [2.45, 2.75) is 12.6 Å². The third-order valence-corrected chi connectivity index (χ3v) is 2.78. The first-order valence-electron chi connectivity index (χ1n) is 5.32. The molecule has 2 N–H and O–H groups in total. The van der Waals surface area contributed by atoms with E-state index in [0.29, 0.717) is 13.1 Å². The van der Waals surface area contributed by atoms with Crippen molar-refractivity contribution < 1.29 is 9.90 Å². The Morgan fingerprint density at radius 3 is 3.19 bits per heavy atom. The molecule has 0 radical (unpaired) electrons. The molecule has 1 saturated heterocycles. The highest BCUT2D eigenvalue weighted by Gasteiger charge is 2.28. The van der Waals surface area contributed by atoms with Gasteiger partial charge in [0, 0.05) is 45.0 Å². The summed E-state index contributed by atoms with van der Waals surface area (Å²) in [5, 5.41) is 16.3. The Bertz CT molecular complexity index is 377. The van der Waals surface area contributed by atoms with Crippen LogP contribution in [-0.4, -0.2) is 51.4 Å². The first-order chi connectivity index (χ1) is 7.66. The second kappa shape index (κ2) is 4.63. The number of hydrogen-bond acceptors (Lipinski definition) is 4. The number of carboxylic acid groups (broad SMARTS) is 1. The molecular formula is C10H16N4O2. The molecular weight excluding hydrogens is 208 g/mol. The van der Waals surface area contributed by atoms with E-state index in [9.17, 15) is 4.79 Å². The third-order valence-electron chi connectivity index (χ3n) is 2.78. The van der Waals surface area contributed by atoms with Gasteiger partial charge >= 0.3 is 5.97 Å². The van der Waals surface area contributed by atoms with Crippen molar-refractivity contribution in [2.75, 3.05) is 19.6 Å². The minimum atomic E-state index is -0.768. The van der Waals surface area contributed by atoms with Crippen molar-refractivity contribution in [3.63, 3.8) is 0 Å². The van der Waals surface area contributed by atoms with E-state index in [2.05, 4.69) is 10.4 Å². The first kappa shape index (κ1) is 11.1. The van der Waals surface area contributed by atoms with Crippen molar-refractivity contribution in [3.8, 4) is 0 Å². The van der Waals surface area contributed by atoms with Gasteiger partial charge in [-0.25, -0.2) is 0 Å². The van der Waals surface area contributed by atoms with Crippen LogP contribution in [0.15, 0.2) is 12.4 Å². The van der Waals surface area contributed by atoms with Gasteiger partial charge in [0.05, 0.1) is 6.20 Å². The molecule has 1 aliphatic heterocycles. The number of nitrogens with zero attached hydrogens (tertiary/aromatic N) is 3. The van der Waals surface area contributed by atoms with Crippen LogP contribution in [0.5, 0.6) is 0 Å². The Kier molecular flexibility index (Phi) is 3.21. The zero-order valence-corrected chi connectivity index (χ0v) is 9.26. The monoisotopic (exact) mass is 224 g/mol. The molecule has 2 heterocycles. The molecule has 1 aromatic heterocycles. The smallest absolute Gasteiger partial charge is 0.322 e. The lowest BCUT2D eigenvalue weighted by Crippen LogP contribution is -2.54. The number of aryl methyl sites for hydroxylation is 1. The van der Waals surface area contributed by atoms with Gasteiger partial charge in [-0.1, -0.05) is 0 Å². The normalized spacial score (nSPS) is 22.2. The van der Waals surface area contributed by atoms with E-state index >= 15 is 0 Å². The van der Waals surface area contributed by atoms with Gasteiger partial charge in [-0.3, -0.25) is 14.4 Å². The predicted molar refractivity (Wildman–Crippen MR) is 57.9 cm³/mol. The fraction of sp³-hybridized carbons (Fsp3) is 0.600. The quantitative estimate of drug-likeness (QED) is 0.709. The van der Waals surface area contributed by atoms with Crippen molar-refractivity contribution in [3.05, 3.63) is 18.0 Å². The fourth-order valence-electron chi connectivity index (χ4n) is 1.97. The number of carboxylic acids is 1. The molecule has 1 fully saturated rings. The lowest BCUT2D eigenvalue weighted by Gasteiger charge is -2.32. The number of aromatic nitrogens is 2. The Morgan fingerprint density at radius 2 is 2.56 bits per heavy atom. The number of nitrogens with one attached hydrogen (secondary N) is 1. The first-order valence-corrected chi connectivity index (χ1v) is 5.32. The van der Waals surface area contributed by atoms with Crippen LogP contribution in [0, 0.1) is 0 Å². The van der Waals surface area contributed by atoms with Gasteiger partial charge in [-0.2, -0.15) is 5.10 Å². The molecule has 1 aliphatic rings. The van der Waals surface area contributed by atoms with Gasteiger partial charge in [0.2, 0.25) is 0 Å². The predicted octanol–water partition coefficient (Wildman–Crippen LogP) is -0.721. The van der Waals surface area contributed by atoms with E-state index in [0.717, 1.165) is 18.7 Å². The number of aliphatic carboxylic acids is 1. The summed E-state index contributed by atoms with van der Waals surface area (Å²) in [6, 6.07) is -0.436. The van der Waals surface area contributed by atoms with E-state index < -0.39 is 12.0 Å². The summed E-state index contributed by atoms with van der Waals surface area (Å²) in [6.45, 7) is 2.75. The zero-order chi connectivity index (χ0) is 11.5. The summed E-state index contributed by atoms with van der Waals surface area (Å²) >= 11 is 0. The number of rotatable bonds is 3. The molecule has 1 aromatic rings. The molecule has 2 rings (SSSR count). The molecule has 16 heavy (non-hydrogen) atoms. The summed E-state index contributed by atoms with van der Waals surface area (Å²) in [5.74, 6) is -0.768. The molecule has 1 unspecified atom stereocenters. The Hall–Kier alpha value is -1.40. The van der Waals surface area contributed by atoms with Crippen LogP contribution in [0.25, 0.3) is 0 Å². The standard InChI is InChI=1S/C10H16N4O2/c1-13-6-8(4-12-13)7-14-3-2-11-5-9(14)10(15)16/h4,6,9,11H,2-3,5,7H2,1H3,(H,15,16). The molecule has 0 saturated carbocycles. The summed E-state index contributed by atoms with van der Waals surface area (Å²) in [5.41, 5.74) is 1.05. The maximum Gasteiger partial charge on any atom is 0.322 e. The van der Waals surface area contributed by atoms with Crippen LogP contribution in [0.2, 0.25) is 0 Å². The Balaban J connectivity index is 2.03. The van der Waals surface area contributed by atoms with Crippen LogP contribution < -0.4 is 5.32 Å². The van der Waals surface area contributed by atoms with Gasteiger partial charge in [0.25, 0.3) is 0 Å². The molecule has 6 heteroatoms. The maximum absolute atomic E-state index is 11.1. The van der Waals surface area contributed by atoms with E-state index in [-0.39, 0.29) is 0 Å². The molecule has 0 amide bonds. The lowest BCUT2D eigenvalue weighted by molar-refractivity contribution is -0.144. The topological polar surface area (TPSA) is 70.4 Å². The highest BCUT2D eigenvalue weighted by Crippen LogP contribution is 2.09. The second-order valence-electron chi connectivity index (χ2n) is 4.05. The van der Waals surface area contributed by atoms with Gasteiger partial charge in [-0.05, 0) is 0 Å². The van der Waals surface area contributed by atoms with Crippen LogP contribution in [0.4, 0.5) is 0 Å². The molecule has 6 nitrogen and oxygen atoms in total. The molecule has 88 valence electrons. The largest absolute Gasteiger partial charge is 0.480 e.